The maximum Gasteiger partial charge on any atom is 0.0720 e. The molecule has 1 heterocycles. The van der Waals surface area contributed by atoms with Crippen LogP contribution in [0.15, 0.2) is 0 Å². The fraction of sp³-hybridized carbons (Fsp3) is 1.00. The van der Waals surface area contributed by atoms with Gasteiger partial charge in [0.15, 0.2) is 0 Å². The van der Waals surface area contributed by atoms with Crippen molar-refractivity contribution in [1.29, 1.82) is 0 Å². The summed E-state index contributed by atoms with van der Waals surface area (Å²) in [7, 11) is 0. The van der Waals surface area contributed by atoms with E-state index in [4.69, 9.17) is 11.5 Å². The van der Waals surface area contributed by atoms with Crippen LogP contribution in [-0.4, -0.2) is 36.9 Å². The van der Waals surface area contributed by atoms with Crippen LogP contribution in [0.4, 0.5) is 0 Å². The van der Waals surface area contributed by atoms with Crippen LogP contribution < -0.4 is 16.8 Å². The highest BCUT2D eigenvalue weighted by Gasteiger charge is 2.29. The van der Waals surface area contributed by atoms with Crippen LogP contribution in [0.3, 0.4) is 0 Å². The molecule has 60 valence electrons. The molecule has 0 aromatic heterocycles. The molecule has 10 heavy (non-hydrogen) atoms. The lowest BCUT2D eigenvalue weighted by molar-refractivity contribution is 0.134. The van der Waals surface area contributed by atoms with Crippen LogP contribution >= 0.6 is 0 Å². The summed E-state index contributed by atoms with van der Waals surface area (Å²) in [5.41, 5.74) is 11.0. The number of nitrogens with two attached hydrogens (primary N) is 2. The van der Waals surface area contributed by atoms with Gasteiger partial charge in [-0.2, -0.15) is 0 Å². The molecule has 0 radical (unpaired) electrons. The quantitative estimate of drug-likeness (QED) is 0.357. The van der Waals surface area contributed by atoms with Crippen molar-refractivity contribution in [1.82, 2.24) is 5.32 Å². The molecule has 0 aromatic carbocycles. The lowest BCUT2D eigenvalue weighted by Crippen LogP contribution is -2.42. The summed E-state index contributed by atoms with van der Waals surface area (Å²) in [5, 5.41) is 12.3. The SMILES string of the molecule is NCC(N)C1CNCC1O. The summed E-state index contributed by atoms with van der Waals surface area (Å²) in [6.45, 7) is 1.89. The van der Waals surface area contributed by atoms with Gasteiger partial charge in [-0.1, -0.05) is 0 Å². The average Bonchev–Trinajstić information content (AvgIpc) is 2.34. The van der Waals surface area contributed by atoms with Crippen molar-refractivity contribution in [3.05, 3.63) is 0 Å². The minimum absolute atomic E-state index is 0.0648. The van der Waals surface area contributed by atoms with E-state index in [0.717, 1.165) is 6.54 Å². The molecule has 4 heteroatoms. The highest BCUT2D eigenvalue weighted by atomic mass is 16.3. The predicted octanol–water partition coefficient (Wildman–Crippen LogP) is -2.15. The average molecular weight is 145 g/mol. The Morgan fingerprint density at radius 2 is 2.30 bits per heavy atom. The van der Waals surface area contributed by atoms with Crippen LogP contribution in [0.5, 0.6) is 0 Å². The van der Waals surface area contributed by atoms with Crippen LogP contribution in [0, 0.1) is 5.92 Å². The molecule has 0 saturated carbocycles. The first kappa shape index (κ1) is 7.94. The van der Waals surface area contributed by atoms with Crippen LogP contribution in [0.2, 0.25) is 0 Å². The van der Waals surface area contributed by atoms with E-state index < -0.39 is 0 Å². The number of aliphatic hydroxyl groups is 1. The highest BCUT2D eigenvalue weighted by molar-refractivity contribution is 4.87. The van der Waals surface area contributed by atoms with Crippen molar-refractivity contribution in [2.75, 3.05) is 19.6 Å². The minimum atomic E-state index is -0.307. The summed E-state index contributed by atoms with van der Waals surface area (Å²) < 4.78 is 0. The molecule has 1 rings (SSSR count). The summed E-state index contributed by atoms with van der Waals surface area (Å²) in [6, 6.07) is -0.0648. The van der Waals surface area contributed by atoms with Crippen molar-refractivity contribution in [2.24, 2.45) is 17.4 Å². The van der Waals surface area contributed by atoms with Crippen molar-refractivity contribution < 1.29 is 5.11 Å². The van der Waals surface area contributed by atoms with Crippen molar-refractivity contribution in [2.45, 2.75) is 12.1 Å². The summed E-state index contributed by atoms with van der Waals surface area (Å²) in [4.78, 5) is 0. The molecule has 1 fully saturated rings. The van der Waals surface area contributed by atoms with Crippen LogP contribution in [-0.2, 0) is 0 Å². The van der Waals surface area contributed by atoms with Crippen molar-refractivity contribution in [3.63, 3.8) is 0 Å². The van der Waals surface area contributed by atoms with Crippen LogP contribution in [0.1, 0.15) is 0 Å². The van der Waals surface area contributed by atoms with Gasteiger partial charge in [-0.25, -0.2) is 0 Å². The Balaban J connectivity index is 2.38. The third-order valence-electron chi connectivity index (χ3n) is 2.05. The molecule has 6 N–H and O–H groups in total. The zero-order chi connectivity index (χ0) is 7.56. The van der Waals surface area contributed by atoms with E-state index in [9.17, 15) is 5.11 Å². The van der Waals surface area contributed by atoms with Gasteiger partial charge in [0.05, 0.1) is 6.10 Å². The molecule has 1 saturated heterocycles. The Morgan fingerprint density at radius 3 is 2.70 bits per heavy atom. The Kier molecular flexibility index (Phi) is 2.62. The second-order valence-electron chi connectivity index (χ2n) is 2.79. The summed E-state index contributed by atoms with van der Waals surface area (Å²) in [6.07, 6.45) is -0.307. The molecule has 0 amide bonds. The first-order chi connectivity index (χ1) is 4.75. The number of aliphatic hydroxyl groups excluding tert-OH is 1. The molecule has 1 aliphatic heterocycles. The smallest absolute Gasteiger partial charge is 0.0720 e. The van der Waals surface area contributed by atoms with Gasteiger partial charge in [0.2, 0.25) is 0 Å². The Hall–Kier alpha value is -0.160. The molecule has 0 bridgehead atoms. The fourth-order valence-electron chi connectivity index (χ4n) is 1.30. The zero-order valence-electron chi connectivity index (χ0n) is 5.96. The van der Waals surface area contributed by atoms with E-state index in [1.807, 2.05) is 0 Å². The Morgan fingerprint density at radius 1 is 1.60 bits per heavy atom. The number of nitrogens with one attached hydrogen (secondary N) is 1. The number of hydrogen-bond donors (Lipinski definition) is 4. The maximum absolute atomic E-state index is 9.29. The molecule has 0 aliphatic carbocycles. The second kappa shape index (κ2) is 3.30. The molecular weight excluding hydrogens is 130 g/mol. The van der Waals surface area contributed by atoms with E-state index in [1.54, 1.807) is 0 Å². The van der Waals surface area contributed by atoms with Gasteiger partial charge in [0, 0.05) is 31.6 Å². The molecule has 4 nitrogen and oxygen atoms in total. The lowest BCUT2D eigenvalue weighted by Gasteiger charge is -2.19. The standard InChI is InChI=1S/C6H15N3O/c7-1-5(8)4-2-9-3-6(4)10/h4-6,9-10H,1-3,7-8H2. The van der Waals surface area contributed by atoms with Gasteiger partial charge in [-0.15, -0.1) is 0 Å². The first-order valence-electron chi connectivity index (χ1n) is 3.60. The zero-order valence-corrected chi connectivity index (χ0v) is 5.96. The molecular formula is C6H15N3O. The molecule has 3 atom stereocenters. The number of hydrogen-bond acceptors (Lipinski definition) is 4. The normalized spacial score (nSPS) is 36.3. The van der Waals surface area contributed by atoms with Crippen molar-refractivity contribution >= 4 is 0 Å². The third kappa shape index (κ3) is 1.46. The van der Waals surface area contributed by atoms with Gasteiger partial charge in [0.25, 0.3) is 0 Å². The molecule has 0 spiro atoms. The van der Waals surface area contributed by atoms with E-state index in [1.165, 1.54) is 0 Å². The van der Waals surface area contributed by atoms with E-state index in [2.05, 4.69) is 5.32 Å². The second-order valence-corrected chi connectivity index (χ2v) is 2.79. The van der Waals surface area contributed by atoms with Gasteiger partial charge in [-0.3, -0.25) is 0 Å². The predicted molar refractivity (Wildman–Crippen MR) is 39.4 cm³/mol. The lowest BCUT2D eigenvalue weighted by atomic mass is 9.98. The largest absolute Gasteiger partial charge is 0.391 e. The Bertz CT molecular complexity index is 109. The van der Waals surface area contributed by atoms with Gasteiger partial charge < -0.3 is 21.9 Å². The van der Waals surface area contributed by atoms with E-state index in [0.29, 0.717) is 13.1 Å². The van der Waals surface area contributed by atoms with E-state index >= 15 is 0 Å². The fourth-order valence-corrected chi connectivity index (χ4v) is 1.30. The summed E-state index contributed by atoms with van der Waals surface area (Å²) in [5.74, 6) is 0.144. The highest BCUT2D eigenvalue weighted by Crippen LogP contribution is 2.10. The third-order valence-corrected chi connectivity index (χ3v) is 2.05. The Labute approximate surface area is 60.6 Å². The maximum atomic E-state index is 9.29. The molecule has 0 aromatic rings. The number of rotatable bonds is 2. The molecule has 1 aliphatic rings. The first-order valence-corrected chi connectivity index (χ1v) is 3.60. The van der Waals surface area contributed by atoms with E-state index in [-0.39, 0.29) is 18.1 Å². The number of β-amino-alcohol motifs (C(OH)–C–C–N with tert-alkyl or cyclic N) is 1. The summed E-state index contributed by atoms with van der Waals surface area (Å²) >= 11 is 0. The van der Waals surface area contributed by atoms with Crippen molar-refractivity contribution in [3.8, 4) is 0 Å². The van der Waals surface area contributed by atoms with Gasteiger partial charge >= 0.3 is 0 Å². The van der Waals surface area contributed by atoms with Gasteiger partial charge in [0.1, 0.15) is 0 Å². The van der Waals surface area contributed by atoms with Gasteiger partial charge in [-0.05, 0) is 0 Å². The van der Waals surface area contributed by atoms with Crippen LogP contribution in [0.25, 0.3) is 0 Å². The minimum Gasteiger partial charge on any atom is -0.391 e. The monoisotopic (exact) mass is 145 g/mol. The molecule has 3 unspecified atom stereocenters. The topological polar surface area (TPSA) is 84.3 Å².